The van der Waals surface area contributed by atoms with E-state index in [1.807, 2.05) is 23.7 Å². The van der Waals surface area contributed by atoms with Gasteiger partial charge in [-0.05, 0) is 18.2 Å². The zero-order valence-electron chi connectivity index (χ0n) is 11.1. The molecule has 1 aromatic heterocycles. The van der Waals surface area contributed by atoms with Crippen LogP contribution in [0.3, 0.4) is 0 Å². The fourth-order valence-corrected chi connectivity index (χ4v) is 2.19. The van der Waals surface area contributed by atoms with Crippen molar-refractivity contribution in [2.24, 2.45) is 7.05 Å². The van der Waals surface area contributed by atoms with E-state index in [-0.39, 0.29) is 12.4 Å². The van der Waals surface area contributed by atoms with Gasteiger partial charge in [0, 0.05) is 29.2 Å². The Balaban J connectivity index is 2.66. The first-order chi connectivity index (χ1) is 9.12. The molecule has 1 heterocycles. The van der Waals surface area contributed by atoms with Gasteiger partial charge in [-0.2, -0.15) is 0 Å². The molecule has 0 N–H and O–H groups in total. The lowest BCUT2D eigenvalue weighted by Gasteiger charge is -2.03. The molecule has 0 saturated carbocycles. The predicted molar refractivity (Wildman–Crippen MR) is 70.6 cm³/mol. The molecule has 0 radical (unpaired) electrons. The highest BCUT2D eigenvalue weighted by Gasteiger charge is 2.18. The molecule has 0 spiro atoms. The molecule has 1 aromatic carbocycles. The number of fused-ring (bicyclic) bond motifs is 1. The molecule has 0 aliphatic carbocycles. The van der Waals surface area contributed by atoms with E-state index in [0.29, 0.717) is 17.0 Å². The second kappa shape index (κ2) is 5.14. The van der Waals surface area contributed by atoms with Crippen molar-refractivity contribution in [2.45, 2.75) is 6.42 Å². The molecule has 2 rings (SSSR count). The Labute approximate surface area is 110 Å². The van der Waals surface area contributed by atoms with Gasteiger partial charge < -0.3 is 14.0 Å². The van der Waals surface area contributed by atoms with Crippen LogP contribution in [0, 0.1) is 0 Å². The van der Waals surface area contributed by atoms with Crippen LogP contribution in [-0.4, -0.2) is 31.0 Å². The summed E-state index contributed by atoms with van der Waals surface area (Å²) in [6.45, 7) is 0. The molecule has 5 nitrogen and oxygen atoms in total. The Bertz CT molecular complexity index is 642. The van der Waals surface area contributed by atoms with Crippen molar-refractivity contribution in [3.63, 3.8) is 0 Å². The number of nitrogens with zero attached hydrogens (tertiary/aromatic N) is 1. The van der Waals surface area contributed by atoms with Gasteiger partial charge in [-0.3, -0.25) is 9.59 Å². The van der Waals surface area contributed by atoms with E-state index in [4.69, 9.17) is 4.74 Å². The summed E-state index contributed by atoms with van der Waals surface area (Å²) < 4.78 is 11.6. The van der Waals surface area contributed by atoms with Crippen LogP contribution in [0.2, 0.25) is 0 Å². The molecular weight excluding hydrogens is 246 g/mol. The minimum Gasteiger partial charge on any atom is -0.497 e. The van der Waals surface area contributed by atoms with Crippen LogP contribution in [0.4, 0.5) is 0 Å². The van der Waals surface area contributed by atoms with E-state index in [9.17, 15) is 9.59 Å². The summed E-state index contributed by atoms with van der Waals surface area (Å²) in [6.07, 6.45) is 0.831. The quantitative estimate of drug-likeness (QED) is 0.621. The zero-order chi connectivity index (χ0) is 14.0. The Morgan fingerprint density at radius 3 is 2.68 bits per heavy atom. The third-order valence-electron chi connectivity index (χ3n) is 3.23. The number of methoxy groups -OCH3 is 2. The number of esters is 1. The molecule has 5 heteroatoms. The van der Waals surface area contributed by atoms with Gasteiger partial charge in [-0.1, -0.05) is 0 Å². The Hall–Kier alpha value is -2.30. The number of carbonyl (C=O) groups excluding carboxylic acids is 2. The first-order valence-corrected chi connectivity index (χ1v) is 5.79. The molecular formula is C14H15NO4. The van der Waals surface area contributed by atoms with Gasteiger partial charge in [0.25, 0.3) is 0 Å². The summed E-state index contributed by atoms with van der Waals surface area (Å²) in [7, 11) is 4.72. The van der Waals surface area contributed by atoms with Gasteiger partial charge in [-0.15, -0.1) is 0 Å². The molecule has 0 fully saturated rings. The van der Waals surface area contributed by atoms with Crippen LogP contribution in [0.1, 0.15) is 16.1 Å². The molecule has 0 saturated heterocycles. The molecule has 2 aromatic rings. The maximum Gasteiger partial charge on any atom is 0.311 e. The maximum atomic E-state index is 11.4. The van der Waals surface area contributed by atoms with Crippen molar-refractivity contribution >= 4 is 23.2 Å². The van der Waals surface area contributed by atoms with Crippen molar-refractivity contribution in [1.82, 2.24) is 4.57 Å². The summed E-state index contributed by atoms with van der Waals surface area (Å²) in [5.74, 6) is 0.298. The number of rotatable bonds is 4. The molecule has 19 heavy (non-hydrogen) atoms. The highest BCUT2D eigenvalue weighted by Crippen LogP contribution is 2.28. The van der Waals surface area contributed by atoms with Gasteiger partial charge in [0.2, 0.25) is 0 Å². The molecule has 0 amide bonds. The standard InChI is InChI=1S/C14H15NO4/c1-15-12-5-4-9(18-2)6-10(12)11(8-16)13(15)7-14(17)19-3/h4-6,8H,7H2,1-3H3. The molecule has 0 unspecified atom stereocenters. The summed E-state index contributed by atoms with van der Waals surface area (Å²) in [5, 5.41) is 0.774. The van der Waals surface area contributed by atoms with Crippen LogP contribution < -0.4 is 4.74 Å². The number of carbonyl (C=O) groups is 2. The molecule has 0 aliphatic rings. The fraction of sp³-hybridized carbons (Fsp3) is 0.286. The van der Waals surface area contributed by atoms with E-state index in [1.165, 1.54) is 7.11 Å². The summed E-state index contributed by atoms with van der Waals surface area (Å²) in [4.78, 5) is 22.7. The fourth-order valence-electron chi connectivity index (χ4n) is 2.19. The predicted octanol–water partition coefficient (Wildman–Crippen LogP) is 1.71. The summed E-state index contributed by atoms with van der Waals surface area (Å²) in [6, 6.07) is 5.47. The van der Waals surface area contributed by atoms with E-state index >= 15 is 0 Å². The Kier molecular flexibility index (Phi) is 3.55. The number of ether oxygens (including phenoxy) is 2. The first kappa shape index (κ1) is 13.1. The average Bonchev–Trinajstić information content (AvgIpc) is 2.70. The minimum absolute atomic E-state index is 0.0675. The van der Waals surface area contributed by atoms with Crippen LogP contribution in [-0.2, 0) is 23.0 Å². The Morgan fingerprint density at radius 2 is 2.11 bits per heavy atom. The van der Waals surface area contributed by atoms with Crippen LogP contribution in [0.15, 0.2) is 18.2 Å². The van der Waals surface area contributed by atoms with Crippen LogP contribution in [0.25, 0.3) is 10.9 Å². The minimum atomic E-state index is -0.374. The van der Waals surface area contributed by atoms with Crippen molar-refractivity contribution in [3.05, 3.63) is 29.5 Å². The lowest BCUT2D eigenvalue weighted by Crippen LogP contribution is -2.09. The summed E-state index contributed by atoms with van der Waals surface area (Å²) >= 11 is 0. The lowest BCUT2D eigenvalue weighted by molar-refractivity contribution is -0.139. The topological polar surface area (TPSA) is 57.5 Å². The first-order valence-electron chi connectivity index (χ1n) is 5.79. The van der Waals surface area contributed by atoms with E-state index in [1.54, 1.807) is 13.2 Å². The van der Waals surface area contributed by atoms with E-state index in [0.717, 1.165) is 17.2 Å². The van der Waals surface area contributed by atoms with Gasteiger partial charge in [0.05, 0.1) is 20.6 Å². The highest BCUT2D eigenvalue weighted by atomic mass is 16.5. The normalized spacial score (nSPS) is 10.5. The second-order valence-corrected chi connectivity index (χ2v) is 4.17. The molecule has 0 bridgehead atoms. The molecule has 0 atom stereocenters. The molecule has 100 valence electrons. The highest BCUT2D eigenvalue weighted by molar-refractivity contribution is 6.01. The summed E-state index contributed by atoms with van der Waals surface area (Å²) in [5.41, 5.74) is 2.02. The van der Waals surface area contributed by atoms with Crippen molar-refractivity contribution in [1.29, 1.82) is 0 Å². The van der Waals surface area contributed by atoms with Gasteiger partial charge in [0.15, 0.2) is 6.29 Å². The number of benzene rings is 1. The smallest absolute Gasteiger partial charge is 0.311 e. The number of hydrogen-bond acceptors (Lipinski definition) is 4. The SMILES string of the molecule is COC(=O)Cc1c(C=O)c2cc(OC)ccc2n1C. The largest absolute Gasteiger partial charge is 0.497 e. The van der Waals surface area contributed by atoms with Gasteiger partial charge in [0.1, 0.15) is 5.75 Å². The number of aldehydes is 1. The third-order valence-corrected chi connectivity index (χ3v) is 3.23. The third kappa shape index (κ3) is 2.19. The number of aromatic nitrogens is 1. The van der Waals surface area contributed by atoms with Crippen LogP contribution in [0.5, 0.6) is 5.75 Å². The maximum absolute atomic E-state index is 11.4. The lowest BCUT2D eigenvalue weighted by atomic mass is 10.1. The van der Waals surface area contributed by atoms with Gasteiger partial charge >= 0.3 is 5.97 Å². The van der Waals surface area contributed by atoms with E-state index in [2.05, 4.69) is 4.74 Å². The van der Waals surface area contributed by atoms with Crippen molar-refractivity contribution < 1.29 is 19.1 Å². The van der Waals surface area contributed by atoms with Crippen molar-refractivity contribution in [3.8, 4) is 5.75 Å². The zero-order valence-corrected chi connectivity index (χ0v) is 11.1. The Morgan fingerprint density at radius 1 is 1.37 bits per heavy atom. The molecule has 0 aliphatic heterocycles. The number of hydrogen-bond donors (Lipinski definition) is 0. The average molecular weight is 261 g/mol. The van der Waals surface area contributed by atoms with Crippen LogP contribution >= 0.6 is 0 Å². The van der Waals surface area contributed by atoms with E-state index < -0.39 is 0 Å². The number of aryl methyl sites for hydroxylation is 1. The second-order valence-electron chi connectivity index (χ2n) is 4.17. The monoisotopic (exact) mass is 261 g/mol. The van der Waals surface area contributed by atoms with Crippen molar-refractivity contribution in [2.75, 3.05) is 14.2 Å². The van der Waals surface area contributed by atoms with Gasteiger partial charge in [-0.25, -0.2) is 0 Å².